The number of unbranched alkanes of at least 4 members (excludes halogenated alkanes) is 3. The predicted molar refractivity (Wildman–Crippen MR) is 106 cm³/mol. The lowest BCUT2D eigenvalue weighted by Crippen LogP contribution is -2.23. The van der Waals surface area contributed by atoms with E-state index < -0.39 is 11.7 Å². The summed E-state index contributed by atoms with van der Waals surface area (Å²) < 4.78 is 4.60. The summed E-state index contributed by atoms with van der Waals surface area (Å²) in [5.41, 5.74) is -0.908. The summed E-state index contributed by atoms with van der Waals surface area (Å²) in [7, 11) is 1.38. The summed E-state index contributed by atoms with van der Waals surface area (Å²) in [6, 6.07) is 0. The van der Waals surface area contributed by atoms with Gasteiger partial charge in [-0.2, -0.15) is 0 Å². The molecule has 5 heteroatoms. The van der Waals surface area contributed by atoms with E-state index in [-0.39, 0.29) is 30.0 Å². The topological polar surface area (TPSA) is 83.8 Å². The van der Waals surface area contributed by atoms with Gasteiger partial charge in [-0.25, -0.2) is 0 Å². The molecule has 1 fully saturated rings. The van der Waals surface area contributed by atoms with E-state index >= 15 is 0 Å². The van der Waals surface area contributed by atoms with Crippen LogP contribution in [0.2, 0.25) is 0 Å². The van der Waals surface area contributed by atoms with Crippen molar-refractivity contribution in [3.05, 3.63) is 24.3 Å². The molecule has 154 valence electrons. The average molecular weight is 381 g/mol. The zero-order valence-corrected chi connectivity index (χ0v) is 17.0. The zero-order chi connectivity index (χ0) is 20.3. The minimum Gasteiger partial charge on any atom is -0.469 e. The highest BCUT2D eigenvalue weighted by Gasteiger charge is 2.39. The van der Waals surface area contributed by atoms with Crippen molar-refractivity contribution < 1.29 is 24.5 Å². The molecule has 0 saturated heterocycles. The van der Waals surface area contributed by atoms with Crippen molar-refractivity contribution in [3.63, 3.8) is 0 Å². The monoisotopic (exact) mass is 380 g/mol. The maximum atomic E-state index is 12.2. The third-order valence-corrected chi connectivity index (χ3v) is 5.23. The normalized spacial score (nSPS) is 25.4. The number of methoxy groups -OCH3 is 1. The second kappa shape index (κ2) is 12.1. The molecule has 0 bridgehead atoms. The van der Waals surface area contributed by atoms with Crippen LogP contribution in [0.3, 0.4) is 0 Å². The van der Waals surface area contributed by atoms with Crippen LogP contribution in [0.5, 0.6) is 0 Å². The van der Waals surface area contributed by atoms with Crippen molar-refractivity contribution >= 4 is 11.8 Å². The molecular weight excluding hydrogens is 344 g/mol. The summed E-state index contributed by atoms with van der Waals surface area (Å²) in [4.78, 5) is 23.3. The molecule has 1 aliphatic rings. The molecule has 1 rings (SSSR count). The predicted octanol–water partition coefficient (Wildman–Crippen LogP) is 3.73. The Kier molecular flexibility index (Phi) is 10.6. The first kappa shape index (κ1) is 23.6. The van der Waals surface area contributed by atoms with E-state index in [1.54, 1.807) is 13.0 Å². The molecule has 27 heavy (non-hydrogen) atoms. The van der Waals surface area contributed by atoms with Crippen LogP contribution in [0.25, 0.3) is 0 Å². The van der Waals surface area contributed by atoms with Crippen LogP contribution in [0.1, 0.15) is 71.6 Å². The molecule has 0 aromatic carbocycles. The number of hydrogen-bond acceptors (Lipinski definition) is 5. The fraction of sp³-hybridized carbons (Fsp3) is 0.727. The largest absolute Gasteiger partial charge is 0.469 e. The highest BCUT2D eigenvalue weighted by molar-refractivity contribution is 5.84. The fourth-order valence-electron chi connectivity index (χ4n) is 3.49. The Hall–Kier alpha value is -1.46. The number of aliphatic hydroxyl groups excluding tert-OH is 1. The molecule has 2 N–H and O–H groups in total. The maximum absolute atomic E-state index is 12.2. The Morgan fingerprint density at radius 2 is 2.04 bits per heavy atom. The Balaban J connectivity index is 2.55. The molecule has 1 aliphatic carbocycles. The lowest BCUT2D eigenvalue weighted by atomic mass is 9.88. The highest BCUT2D eigenvalue weighted by Crippen LogP contribution is 2.34. The molecule has 0 heterocycles. The van der Waals surface area contributed by atoms with Crippen molar-refractivity contribution in [2.45, 2.75) is 83.3 Å². The molecule has 5 nitrogen and oxygen atoms in total. The van der Waals surface area contributed by atoms with Gasteiger partial charge in [-0.1, -0.05) is 50.5 Å². The number of aliphatic hydroxyl groups is 2. The Labute approximate surface area is 163 Å². The summed E-state index contributed by atoms with van der Waals surface area (Å²) in [6.07, 6.45) is 13.3. The summed E-state index contributed by atoms with van der Waals surface area (Å²) >= 11 is 0. The van der Waals surface area contributed by atoms with Crippen LogP contribution in [0, 0.1) is 11.8 Å². The number of Topliss-reactive ketones (excluding diaryl/α,β-unsaturated/α-hetero) is 1. The minimum atomic E-state index is -0.908. The van der Waals surface area contributed by atoms with Crippen LogP contribution in [-0.2, 0) is 14.3 Å². The molecule has 1 saturated carbocycles. The van der Waals surface area contributed by atoms with E-state index in [1.807, 2.05) is 18.2 Å². The van der Waals surface area contributed by atoms with Gasteiger partial charge < -0.3 is 14.9 Å². The first-order valence-electron chi connectivity index (χ1n) is 10.1. The van der Waals surface area contributed by atoms with Gasteiger partial charge in [-0.15, -0.1) is 0 Å². The van der Waals surface area contributed by atoms with Gasteiger partial charge in [0, 0.05) is 24.7 Å². The highest BCUT2D eigenvalue weighted by atomic mass is 16.5. The van der Waals surface area contributed by atoms with E-state index in [0.717, 1.165) is 25.7 Å². The molecule has 0 spiro atoms. The van der Waals surface area contributed by atoms with Gasteiger partial charge in [-0.3, -0.25) is 9.59 Å². The van der Waals surface area contributed by atoms with Crippen LogP contribution >= 0.6 is 0 Å². The summed E-state index contributed by atoms with van der Waals surface area (Å²) in [5, 5.41) is 20.7. The SMILES string of the molecule is CCCCCC(C)(O)/C=C\C1C(O)CC(=O)C1C/C=C\CCCC(=O)OC. The molecule has 0 radical (unpaired) electrons. The first-order chi connectivity index (χ1) is 12.8. The van der Waals surface area contributed by atoms with Crippen molar-refractivity contribution in [2.24, 2.45) is 11.8 Å². The summed E-state index contributed by atoms with van der Waals surface area (Å²) in [6.45, 7) is 3.90. The van der Waals surface area contributed by atoms with E-state index in [9.17, 15) is 19.8 Å². The smallest absolute Gasteiger partial charge is 0.305 e. The van der Waals surface area contributed by atoms with Crippen molar-refractivity contribution in [1.29, 1.82) is 0 Å². The maximum Gasteiger partial charge on any atom is 0.305 e. The van der Waals surface area contributed by atoms with E-state index in [4.69, 9.17) is 0 Å². The zero-order valence-electron chi connectivity index (χ0n) is 17.0. The van der Waals surface area contributed by atoms with Crippen LogP contribution in [0.15, 0.2) is 24.3 Å². The van der Waals surface area contributed by atoms with Gasteiger partial charge in [0.05, 0.1) is 18.8 Å². The number of allylic oxidation sites excluding steroid dienone is 2. The molecule has 0 amide bonds. The third kappa shape index (κ3) is 8.85. The van der Waals surface area contributed by atoms with E-state index in [1.165, 1.54) is 7.11 Å². The summed E-state index contributed by atoms with van der Waals surface area (Å²) in [5.74, 6) is -0.648. The molecule has 4 atom stereocenters. The molecule has 0 aromatic rings. The van der Waals surface area contributed by atoms with Gasteiger partial charge in [0.2, 0.25) is 0 Å². The molecular formula is C22H36O5. The van der Waals surface area contributed by atoms with E-state index in [0.29, 0.717) is 25.7 Å². The Morgan fingerprint density at radius 3 is 2.70 bits per heavy atom. The van der Waals surface area contributed by atoms with E-state index in [2.05, 4.69) is 11.7 Å². The Morgan fingerprint density at radius 1 is 1.30 bits per heavy atom. The fourth-order valence-corrected chi connectivity index (χ4v) is 3.49. The van der Waals surface area contributed by atoms with Crippen LogP contribution in [0.4, 0.5) is 0 Å². The van der Waals surface area contributed by atoms with Crippen LogP contribution in [-0.4, -0.2) is 40.8 Å². The number of carbonyl (C=O) groups is 2. The van der Waals surface area contributed by atoms with Crippen molar-refractivity contribution in [1.82, 2.24) is 0 Å². The average Bonchev–Trinajstić information content (AvgIpc) is 2.89. The standard InChI is InChI=1S/C22H36O5/c1-4-5-10-14-22(2,26)15-13-18-17(19(23)16-20(18)24)11-8-6-7-9-12-21(25)27-3/h6,8,13,15,17-18,20,24,26H,4-5,7,9-12,14,16H2,1-3H3/b8-6-,15-13-. The van der Waals surface area contributed by atoms with Gasteiger partial charge in [0.15, 0.2) is 0 Å². The lowest BCUT2D eigenvalue weighted by Gasteiger charge is -2.21. The number of carbonyl (C=O) groups excluding carboxylic acids is 2. The van der Waals surface area contributed by atoms with Gasteiger partial charge in [0.25, 0.3) is 0 Å². The molecule has 4 unspecified atom stereocenters. The Bertz CT molecular complexity index is 521. The van der Waals surface area contributed by atoms with Crippen molar-refractivity contribution in [3.8, 4) is 0 Å². The number of esters is 1. The number of rotatable bonds is 12. The minimum absolute atomic E-state index is 0.0713. The first-order valence-corrected chi connectivity index (χ1v) is 10.1. The molecule has 0 aliphatic heterocycles. The van der Waals surface area contributed by atoms with Gasteiger partial charge in [-0.05, 0) is 32.6 Å². The van der Waals surface area contributed by atoms with Gasteiger partial charge >= 0.3 is 5.97 Å². The third-order valence-electron chi connectivity index (χ3n) is 5.23. The molecule has 0 aromatic heterocycles. The number of hydrogen-bond donors (Lipinski definition) is 2. The lowest BCUT2D eigenvalue weighted by molar-refractivity contribution is -0.140. The number of ketones is 1. The second-order valence-corrected chi connectivity index (χ2v) is 7.77. The van der Waals surface area contributed by atoms with Crippen LogP contribution < -0.4 is 0 Å². The second-order valence-electron chi connectivity index (χ2n) is 7.77. The number of ether oxygens (including phenoxy) is 1. The van der Waals surface area contributed by atoms with Gasteiger partial charge in [0.1, 0.15) is 5.78 Å². The quantitative estimate of drug-likeness (QED) is 0.306. The van der Waals surface area contributed by atoms with Crippen molar-refractivity contribution in [2.75, 3.05) is 7.11 Å².